The number of aryl methyl sites for hydroxylation is 2. The molecule has 1 aromatic heterocycles. The van der Waals surface area contributed by atoms with Crippen molar-refractivity contribution in [3.05, 3.63) is 65.4 Å². The molecule has 0 saturated heterocycles. The molecule has 2 aromatic carbocycles. The van der Waals surface area contributed by atoms with Gasteiger partial charge < -0.3 is 9.52 Å². The second kappa shape index (κ2) is 5.96. The molecule has 3 rings (SSSR count). The molecule has 1 atom stereocenters. The number of thioether (sulfide) groups is 1. The number of benzene rings is 2. The summed E-state index contributed by atoms with van der Waals surface area (Å²) in [6, 6.07) is 16.3. The number of aliphatic hydroxyl groups is 1. The number of rotatable bonds is 4. The molecule has 3 aromatic rings. The second-order valence-electron chi connectivity index (χ2n) is 5.29. The van der Waals surface area contributed by atoms with Crippen molar-refractivity contribution in [3.8, 4) is 0 Å². The van der Waals surface area contributed by atoms with E-state index < -0.39 is 6.10 Å². The van der Waals surface area contributed by atoms with E-state index in [1.807, 2.05) is 37.3 Å². The topological polar surface area (TPSA) is 33.4 Å². The fourth-order valence-corrected chi connectivity index (χ4v) is 3.31. The van der Waals surface area contributed by atoms with Crippen molar-refractivity contribution >= 4 is 22.7 Å². The molecule has 1 N–H and O–H groups in total. The molecule has 1 heterocycles. The lowest BCUT2D eigenvalue weighted by atomic mass is 10.2. The Morgan fingerprint density at radius 3 is 2.67 bits per heavy atom. The molecule has 0 amide bonds. The van der Waals surface area contributed by atoms with E-state index in [-0.39, 0.29) is 0 Å². The van der Waals surface area contributed by atoms with E-state index >= 15 is 0 Å². The number of furan rings is 1. The zero-order chi connectivity index (χ0) is 14.8. The van der Waals surface area contributed by atoms with Crippen LogP contribution in [0, 0.1) is 13.8 Å². The lowest BCUT2D eigenvalue weighted by Gasteiger charge is -2.07. The third-order valence-electron chi connectivity index (χ3n) is 3.49. The van der Waals surface area contributed by atoms with Gasteiger partial charge in [-0.05, 0) is 37.6 Å². The van der Waals surface area contributed by atoms with Crippen LogP contribution in [0.2, 0.25) is 0 Å². The summed E-state index contributed by atoms with van der Waals surface area (Å²) < 4.78 is 5.81. The minimum atomic E-state index is -0.595. The van der Waals surface area contributed by atoms with Crippen LogP contribution in [0.4, 0.5) is 0 Å². The molecule has 0 aliphatic rings. The Bertz CT molecular complexity index is 761. The van der Waals surface area contributed by atoms with E-state index in [9.17, 15) is 5.11 Å². The molecule has 2 nitrogen and oxygen atoms in total. The van der Waals surface area contributed by atoms with Gasteiger partial charge >= 0.3 is 0 Å². The lowest BCUT2D eigenvalue weighted by molar-refractivity contribution is 0.176. The van der Waals surface area contributed by atoms with E-state index in [4.69, 9.17) is 4.42 Å². The van der Waals surface area contributed by atoms with E-state index in [0.29, 0.717) is 11.5 Å². The first-order chi connectivity index (χ1) is 10.1. The second-order valence-corrected chi connectivity index (χ2v) is 6.38. The molecule has 21 heavy (non-hydrogen) atoms. The van der Waals surface area contributed by atoms with Crippen LogP contribution in [0.5, 0.6) is 0 Å². The smallest absolute Gasteiger partial charge is 0.137 e. The summed E-state index contributed by atoms with van der Waals surface area (Å²) in [7, 11) is 0. The van der Waals surface area contributed by atoms with Gasteiger partial charge in [-0.15, -0.1) is 11.8 Å². The van der Waals surface area contributed by atoms with Crippen molar-refractivity contribution in [2.24, 2.45) is 0 Å². The van der Waals surface area contributed by atoms with Gasteiger partial charge in [0.2, 0.25) is 0 Å². The summed E-state index contributed by atoms with van der Waals surface area (Å²) in [5, 5.41) is 11.4. The van der Waals surface area contributed by atoms with Crippen molar-refractivity contribution in [3.63, 3.8) is 0 Å². The van der Waals surface area contributed by atoms with Crippen LogP contribution in [0.15, 0.2) is 57.8 Å². The monoisotopic (exact) mass is 298 g/mol. The molecule has 108 valence electrons. The molecule has 0 fully saturated rings. The van der Waals surface area contributed by atoms with E-state index in [1.54, 1.807) is 11.8 Å². The van der Waals surface area contributed by atoms with Gasteiger partial charge in [0.05, 0.1) is 0 Å². The van der Waals surface area contributed by atoms with Gasteiger partial charge in [-0.3, -0.25) is 0 Å². The minimum absolute atomic E-state index is 0.586. The Kier molecular flexibility index (Phi) is 4.04. The summed E-state index contributed by atoms with van der Waals surface area (Å²) in [4.78, 5) is 1.17. The maximum absolute atomic E-state index is 10.3. The van der Waals surface area contributed by atoms with Gasteiger partial charge in [0, 0.05) is 16.0 Å². The zero-order valence-corrected chi connectivity index (χ0v) is 13.0. The molecular formula is C18H18O2S. The van der Waals surface area contributed by atoms with Crippen LogP contribution in [0.3, 0.4) is 0 Å². The standard InChI is InChI=1S/C18H18O2S/c1-12-5-3-8-15(9-12)21-11-16(19)17-10-14-7-4-6-13(2)18(14)20-17/h3-10,16,19H,11H2,1-2H3. The molecular weight excluding hydrogens is 280 g/mol. The van der Waals surface area contributed by atoms with Crippen LogP contribution in [0.25, 0.3) is 11.0 Å². The van der Waals surface area contributed by atoms with Crippen molar-refractivity contribution < 1.29 is 9.52 Å². The van der Waals surface area contributed by atoms with Gasteiger partial charge in [0.25, 0.3) is 0 Å². The molecule has 0 radical (unpaired) electrons. The molecule has 0 aliphatic carbocycles. The third kappa shape index (κ3) is 3.14. The highest BCUT2D eigenvalue weighted by molar-refractivity contribution is 7.99. The summed E-state index contributed by atoms with van der Waals surface area (Å²) >= 11 is 1.64. The predicted molar refractivity (Wildman–Crippen MR) is 87.8 cm³/mol. The average Bonchev–Trinajstić information content (AvgIpc) is 2.90. The molecule has 3 heteroatoms. The van der Waals surface area contributed by atoms with Gasteiger partial charge in [-0.25, -0.2) is 0 Å². The largest absolute Gasteiger partial charge is 0.458 e. The van der Waals surface area contributed by atoms with Crippen LogP contribution in [-0.4, -0.2) is 10.9 Å². The predicted octanol–water partition coefficient (Wildman–Crippen LogP) is 4.88. The van der Waals surface area contributed by atoms with Crippen LogP contribution in [0.1, 0.15) is 23.0 Å². The van der Waals surface area contributed by atoms with Crippen LogP contribution < -0.4 is 0 Å². The zero-order valence-electron chi connectivity index (χ0n) is 12.2. The number of aliphatic hydroxyl groups excluding tert-OH is 1. The van der Waals surface area contributed by atoms with Crippen LogP contribution >= 0.6 is 11.8 Å². The lowest BCUT2D eigenvalue weighted by Crippen LogP contribution is -1.98. The van der Waals surface area contributed by atoms with Gasteiger partial charge in [-0.2, -0.15) is 0 Å². The van der Waals surface area contributed by atoms with Crippen molar-refractivity contribution in [2.45, 2.75) is 24.8 Å². The Morgan fingerprint density at radius 2 is 1.90 bits per heavy atom. The average molecular weight is 298 g/mol. The SMILES string of the molecule is Cc1cccc(SCC(O)c2cc3cccc(C)c3o2)c1. The van der Waals surface area contributed by atoms with Crippen molar-refractivity contribution in [1.29, 1.82) is 0 Å². The highest BCUT2D eigenvalue weighted by Crippen LogP contribution is 2.30. The summed E-state index contributed by atoms with van der Waals surface area (Å²) in [6.07, 6.45) is -0.595. The number of fused-ring (bicyclic) bond motifs is 1. The summed E-state index contributed by atoms with van der Waals surface area (Å²) in [5.74, 6) is 1.22. The fraction of sp³-hybridized carbons (Fsp3) is 0.222. The van der Waals surface area contributed by atoms with E-state index in [0.717, 1.165) is 16.5 Å². The summed E-state index contributed by atoms with van der Waals surface area (Å²) in [5.41, 5.74) is 3.19. The number of hydrogen-bond acceptors (Lipinski definition) is 3. The molecule has 0 saturated carbocycles. The molecule has 1 unspecified atom stereocenters. The molecule has 0 aliphatic heterocycles. The maximum atomic E-state index is 10.3. The first-order valence-corrected chi connectivity index (χ1v) is 7.98. The van der Waals surface area contributed by atoms with E-state index in [2.05, 4.69) is 25.1 Å². The highest BCUT2D eigenvalue weighted by atomic mass is 32.2. The van der Waals surface area contributed by atoms with Gasteiger partial charge in [0.15, 0.2) is 0 Å². The Labute approximate surface area is 128 Å². The third-order valence-corrected chi connectivity index (χ3v) is 4.56. The Balaban J connectivity index is 1.75. The highest BCUT2D eigenvalue weighted by Gasteiger charge is 2.14. The van der Waals surface area contributed by atoms with Crippen molar-refractivity contribution in [1.82, 2.24) is 0 Å². The Morgan fingerprint density at radius 1 is 1.10 bits per heavy atom. The minimum Gasteiger partial charge on any atom is -0.458 e. The first-order valence-electron chi connectivity index (χ1n) is 7.00. The van der Waals surface area contributed by atoms with Gasteiger partial charge in [0.1, 0.15) is 17.4 Å². The fourth-order valence-electron chi connectivity index (χ4n) is 2.36. The van der Waals surface area contributed by atoms with E-state index in [1.165, 1.54) is 10.5 Å². The number of para-hydroxylation sites is 1. The summed E-state index contributed by atoms with van der Waals surface area (Å²) in [6.45, 7) is 4.09. The molecule has 0 spiro atoms. The maximum Gasteiger partial charge on any atom is 0.137 e. The number of hydrogen-bond donors (Lipinski definition) is 1. The first kappa shape index (κ1) is 14.2. The van der Waals surface area contributed by atoms with Crippen LogP contribution in [-0.2, 0) is 0 Å². The molecule has 0 bridgehead atoms. The quantitative estimate of drug-likeness (QED) is 0.697. The normalized spacial score (nSPS) is 12.7. The van der Waals surface area contributed by atoms with Crippen molar-refractivity contribution in [2.75, 3.05) is 5.75 Å². The Hall–Kier alpha value is -1.71. The van der Waals surface area contributed by atoms with Gasteiger partial charge in [-0.1, -0.05) is 35.9 Å².